The minimum atomic E-state index is -0.770. The number of esters is 3. The first-order valence-electron chi connectivity index (χ1n) is 30.8. The van der Waals surface area contributed by atoms with Gasteiger partial charge in [-0.25, -0.2) is 0 Å². The van der Waals surface area contributed by atoms with Crippen LogP contribution in [0.5, 0.6) is 0 Å². The first kappa shape index (κ1) is 66.9. The number of unbranched alkanes of at least 4 members (excludes halogenated alkanes) is 42. The van der Waals surface area contributed by atoms with Gasteiger partial charge in [0, 0.05) is 19.3 Å². The molecule has 0 aliphatic carbocycles. The number of ether oxygens (including phenoxy) is 3. The summed E-state index contributed by atoms with van der Waals surface area (Å²) in [6.07, 6.45) is 69.1. The van der Waals surface area contributed by atoms with Gasteiger partial charge in [0.05, 0.1) is 0 Å². The summed E-state index contributed by atoms with van der Waals surface area (Å²) in [6.45, 7) is 6.65. The first-order valence-corrected chi connectivity index (χ1v) is 30.8. The number of carbonyl (C=O) groups excluding carboxylic acids is 3. The summed E-state index contributed by atoms with van der Waals surface area (Å²) in [6, 6.07) is 0. The number of hydrogen-bond donors (Lipinski definition) is 0. The van der Waals surface area contributed by atoms with Crippen LogP contribution in [-0.2, 0) is 28.6 Å². The van der Waals surface area contributed by atoms with Gasteiger partial charge in [-0.3, -0.25) is 14.4 Å². The van der Waals surface area contributed by atoms with Crippen LogP contribution < -0.4 is 0 Å². The third-order valence-electron chi connectivity index (χ3n) is 13.9. The van der Waals surface area contributed by atoms with E-state index in [2.05, 4.69) is 45.1 Å². The van der Waals surface area contributed by atoms with Crippen molar-refractivity contribution < 1.29 is 28.6 Å². The predicted molar refractivity (Wildman–Crippen MR) is 298 cm³/mol. The quantitative estimate of drug-likeness (QED) is 0.0261. The average molecular weight is 972 g/mol. The van der Waals surface area contributed by atoms with Crippen molar-refractivity contribution in [2.75, 3.05) is 13.2 Å². The van der Waals surface area contributed by atoms with E-state index in [4.69, 9.17) is 14.2 Å². The molecule has 0 aromatic carbocycles. The van der Waals surface area contributed by atoms with Crippen LogP contribution in [-0.4, -0.2) is 37.2 Å². The highest BCUT2D eigenvalue weighted by Gasteiger charge is 2.19. The monoisotopic (exact) mass is 971 g/mol. The van der Waals surface area contributed by atoms with E-state index in [9.17, 15) is 14.4 Å². The van der Waals surface area contributed by atoms with Crippen molar-refractivity contribution in [3.8, 4) is 0 Å². The van der Waals surface area contributed by atoms with E-state index in [1.165, 1.54) is 238 Å². The largest absolute Gasteiger partial charge is 0.462 e. The zero-order valence-corrected chi connectivity index (χ0v) is 46.6. The van der Waals surface area contributed by atoms with Crippen LogP contribution in [0.25, 0.3) is 0 Å². The Balaban J connectivity index is 4.11. The Morgan fingerprint density at radius 2 is 0.478 bits per heavy atom. The minimum absolute atomic E-state index is 0.0699. The van der Waals surface area contributed by atoms with Crippen molar-refractivity contribution >= 4 is 17.9 Å². The van der Waals surface area contributed by atoms with Gasteiger partial charge in [-0.1, -0.05) is 276 Å². The van der Waals surface area contributed by atoms with Crippen molar-refractivity contribution in [3.05, 3.63) is 24.3 Å². The summed E-state index contributed by atoms with van der Waals surface area (Å²) in [5.41, 5.74) is 0. The molecule has 1 unspecified atom stereocenters. The van der Waals surface area contributed by atoms with Crippen LogP contribution in [0.2, 0.25) is 0 Å². The van der Waals surface area contributed by atoms with Crippen molar-refractivity contribution in [2.24, 2.45) is 0 Å². The maximum absolute atomic E-state index is 12.8. The molecular formula is C63H118O6. The lowest BCUT2D eigenvalue weighted by molar-refractivity contribution is -0.167. The molecule has 0 saturated heterocycles. The lowest BCUT2D eigenvalue weighted by Gasteiger charge is -2.18. The van der Waals surface area contributed by atoms with Gasteiger partial charge >= 0.3 is 17.9 Å². The molecule has 0 fully saturated rings. The van der Waals surface area contributed by atoms with E-state index >= 15 is 0 Å². The number of rotatable bonds is 57. The van der Waals surface area contributed by atoms with Gasteiger partial charge in [-0.05, 0) is 70.6 Å². The van der Waals surface area contributed by atoms with Gasteiger partial charge in [0.25, 0.3) is 0 Å². The molecule has 0 aromatic rings. The van der Waals surface area contributed by atoms with E-state index < -0.39 is 6.10 Å². The fourth-order valence-corrected chi connectivity index (χ4v) is 9.26. The summed E-state index contributed by atoms with van der Waals surface area (Å²) in [5, 5.41) is 0. The van der Waals surface area contributed by atoms with Crippen LogP contribution in [0.3, 0.4) is 0 Å². The Hall–Kier alpha value is -2.11. The molecule has 0 saturated carbocycles. The molecule has 0 amide bonds. The number of allylic oxidation sites excluding steroid dienone is 4. The second-order valence-corrected chi connectivity index (χ2v) is 21.0. The van der Waals surface area contributed by atoms with Crippen LogP contribution in [0, 0.1) is 0 Å². The molecule has 0 aliphatic rings. The highest BCUT2D eigenvalue weighted by molar-refractivity contribution is 5.71. The van der Waals surface area contributed by atoms with Gasteiger partial charge in [0.1, 0.15) is 13.2 Å². The van der Waals surface area contributed by atoms with E-state index in [0.717, 1.165) is 64.2 Å². The summed E-state index contributed by atoms with van der Waals surface area (Å²) in [4.78, 5) is 38.1. The third-order valence-corrected chi connectivity index (χ3v) is 13.9. The summed E-state index contributed by atoms with van der Waals surface area (Å²) < 4.78 is 16.8. The molecule has 1 atom stereocenters. The molecule has 69 heavy (non-hydrogen) atoms. The smallest absolute Gasteiger partial charge is 0.306 e. The van der Waals surface area contributed by atoms with Crippen molar-refractivity contribution in [1.29, 1.82) is 0 Å². The van der Waals surface area contributed by atoms with Gasteiger partial charge < -0.3 is 14.2 Å². The number of carbonyl (C=O) groups is 3. The molecule has 0 heterocycles. The molecule has 0 aliphatic heterocycles. The SMILES string of the molecule is CCCCCCCC/C=C\CCCCCCCC(=O)OC(COC(=O)CCCCCCCCCCC)COC(=O)CCCCCCCCCCCCCCCCC/C=C\CCCCCCCCCC. The van der Waals surface area contributed by atoms with Crippen molar-refractivity contribution in [1.82, 2.24) is 0 Å². The van der Waals surface area contributed by atoms with E-state index in [1.54, 1.807) is 0 Å². The fourth-order valence-electron chi connectivity index (χ4n) is 9.26. The zero-order chi connectivity index (χ0) is 50.0. The van der Waals surface area contributed by atoms with E-state index in [-0.39, 0.29) is 31.1 Å². The molecule has 0 radical (unpaired) electrons. The molecule has 406 valence electrons. The average Bonchev–Trinajstić information content (AvgIpc) is 3.35. The highest BCUT2D eigenvalue weighted by Crippen LogP contribution is 2.17. The van der Waals surface area contributed by atoms with E-state index in [1.807, 2.05) is 0 Å². The zero-order valence-electron chi connectivity index (χ0n) is 46.6. The van der Waals surface area contributed by atoms with Crippen LogP contribution >= 0.6 is 0 Å². The van der Waals surface area contributed by atoms with Gasteiger partial charge in [0.2, 0.25) is 0 Å². The normalized spacial score (nSPS) is 12.1. The third kappa shape index (κ3) is 56.7. The molecule has 0 rings (SSSR count). The van der Waals surface area contributed by atoms with Gasteiger partial charge in [-0.15, -0.1) is 0 Å². The minimum Gasteiger partial charge on any atom is -0.462 e. The Kier molecular flexibility index (Phi) is 56.7. The summed E-state index contributed by atoms with van der Waals surface area (Å²) in [7, 11) is 0. The van der Waals surface area contributed by atoms with Crippen LogP contribution in [0.15, 0.2) is 24.3 Å². The Bertz CT molecular complexity index is 1110. The summed E-state index contributed by atoms with van der Waals surface area (Å²) in [5.74, 6) is -0.861. The molecule has 0 spiro atoms. The maximum atomic E-state index is 12.8. The van der Waals surface area contributed by atoms with Crippen molar-refractivity contribution in [3.63, 3.8) is 0 Å². The van der Waals surface area contributed by atoms with Crippen LogP contribution in [0.4, 0.5) is 0 Å². The molecule has 0 N–H and O–H groups in total. The standard InChI is InChI=1S/C63H118O6/c1-4-7-10-13-16-19-21-23-25-26-27-28-29-30-31-32-33-34-35-36-38-39-41-44-47-50-53-56-62(65)68-59-60(58-67-61(64)55-52-49-46-43-18-15-12-9-6-3)69-63(66)57-54-51-48-45-42-40-37-24-22-20-17-14-11-8-5-2/h24,26-27,37,60H,4-23,25,28-36,38-59H2,1-3H3/b27-26-,37-24-. The van der Waals surface area contributed by atoms with Gasteiger partial charge in [0.15, 0.2) is 6.10 Å². The number of hydrogen-bond acceptors (Lipinski definition) is 6. The summed E-state index contributed by atoms with van der Waals surface area (Å²) >= 11 is 0. The second kappa shape index (κ2) is 58.5. The van der Waals surface area contributed by atoms with Crippen molar-refractivity contribution in [2.45, 2.75) is 348 Å². The topological polar surface area (TPSA) is 78.9 Å². The maximum Gasteiger partial charge on any atom is 0.306 e. The Morgan fingerprint density at radius 3 is 0.725 bits per heavy atom. The molecular weight excluding hydrogens is 853 g/mol. The highest BCUT2D eigenvalue weighted by atomic mass is 16.6. The lowest BCUT2D eigenvalue weighted by atomic mass is 10.0. The lowest BCUT2D eigenvalue weighted by Crippen LogP contribution is -2.30. The molecule has 0 aromatic heterocycles. The molecule has 6 heteroatoms. The Labute approximate surface area is 430 Å². The van der Waals surface area contributed by atoms with Crippen LogP contribution in [0.1, 0.15) is 342 Å². The molecule has 0 bridgehead atoms. The fraction of sp³-hybridized carbons (Fsp3) is 0.889. The second-order valence-electron chi connectivity index (χ2n) is 21.0. The van der Waals surface area contributed by atoms with Gasteiger partial charge in [-0.2, -0.15) is 0 Å². The Morgan fingerprint density at radius 1 is 0.275 bits per heavy atom. The molecule has 6 nitrogen and oxygen atoms in total. The van der Waals surface area contributed by atoms with E-state index in [0.29, 0.717) is 19.3 Å². The predicted octanol–water partition coefficient (Wildman–Crippen LogP) is 20.7. The first-order chi connectivity index (χ1) is 34.0.